The van der Waals surface area contributed by atoms with E-state index < -0.39 is 5.91 Å². The van der Waals surface area contributed by atoms with E-state index in [4.69, 9.17) is 0 Å². The molecule has 2 aromatic heterocycles. The molecule has 3 rings (SSSR count). The molecule has 0 unspecified atom stereocenters. The Morgan fingerprint density at radius 3 is 2.50 bits per heavy atom. The molecule has 6 nitrogen and oxygen atoms in total. The molecule has 0 aliphatic heterocycles. The second-order valence-corrected chi connectivity index (χ2v) is 6.47. The van der Waals surface area contributed by atoms with Gasteiger partial charge in [-0.15, -0.1) is 0 Å². The van der Waals surface area contributed by atoms with E-state index in [9.17, 15) is 9.59 Å². The van der Waals surface area contributed by atoms with Crippen molar-refractivity contribution in [3.05, 3.63) is 63.1 Å². The van der Waals surface area contributed by atoms with Crippen LogP contribution in [0.3, 0.4) is 0 Å². The summed E-state index contributed by atoms with van der Waals surface area (Å²) in [4.78, 5) is 29.3. The fourth-order valence-electron chi connectivity index (χ4n) is 2.35. The van der Waals surface area contributed by atoms with Gasteiger partial charge < -0.3 is 5.32 Å². The van der Waals surface area contributed by atoms with Gasteiger partial charge in [-0.1, -0.05) is 18.2 Å². The molecule has 0 bridgehead atoms. The van der Waals surface area contributed by atoms with Crippen molar-refractivity contribution in [3.8, 4) is 0 Å². The number of anilines is 1. The number of rotatable bonds is 3. The lowest BCUT2D eigenvalue weighted by Gasteiger charge is -2.13. The smallest absolute Gasteiger partial charge is 0.277 e. The molecule has 0 fully saturated rings. The third kappa shape index (κ3) is 3.07. The first-order valence-electron chi connectivity index (χ1n) is 7.42. The quantitative estimate of drug-likeness (QED) is 0.748. The molecule has 24 heavy (non-hydrogen) atoms. The number of aromatic nitrogens is 3. The highest BCUT2D eigenvalue weighted by atomic mass is 79.9. The van der Waals surface area contributed by atoms with Gasteiger partial charge >= 0.3 is 0 Å². The van der Waals surface area contributed by atoms with E-state index >= 15 is 0 Å². The highest BCUT2D eigenvalue weighted by molar-refractivity contribution is 9.10. The lowest BCUT2D eigenvalue weighted by Crippen LogP contribution is -2.29. The fourth-order valence-corrected chi connectivity index (χ4v) is 2.58. The number of nitrogens with zero attached hydrogens (tertiary/aromatic N) is 3. The zero-order valence-electron chi connectivity index (χ0n) is 13.2. The Bertz CT molecular complexity index is 964. The van der Waals surface area contributed by atoms with Crippen LogP contribution >= 0.6 is 15.9 Å². The van der Waals surface area contributed by atoms with E-state index in [0.29, 0.717) is 16.6 Å². The number of halogens is 1. The summed E-state index contributed by atoms with van der Waals surface area (Å²) in [5, 5.41) is 7.97. The Labute approximate surface area is 146 Å². The number of fused-ring (bicyclic) bond motifs is 1. The van der Waals surface area contributed by atoms with Gasteiger partial charge in [-0.2, -0.15) is 5.10 Å². The van der Waals surface area contributed by atoms with Crippen molar-refractivity contribution in [3.63, 3.8) is 0 Å². The Hall–Kier alpha value is -2.54. The predicted molar refractivity (Wildman–Crippen MR) is 96.3 cm³/mol. The highest BCUT2D eigenvalue weighted by Crippen LogP contribution is 2.17. The first-order chi connectivity index (χ1) is 11.5. The van der Waals surface area contributed by atoms with Gasteiger partial charge in [-0.25, -0.2) is 9.67 Å². The van der Waals surface area contributed by atoms with Crippen LogP contribution < -0.4 is 10.9 Å². The zero-order chi connectivity index (χ0) is 17.3. The average molecular weight is 387 g/mol. The monoisotopic (exact) mass is 386 g/mol. The zero-order valence-corrected chi connectivity index (χ0v) is 14.7. The Morgan fingerprint density at radius 1 is 1.17 bits per heavy atom. The summed E-state index contributed by atoms with van der Waals surface area (Å²) < 4.78 is 2.14. The van der Waals surface area contributed by atoms with Gasteiger partial charge in [-0.3, -0.25) is 9.59 Å². The van der Waals surface area contributed by atoms with Gasteiger partial charge in [0.2, 0.25) is 0 Å². The van der Waals surface area contributed by atoms with Gasteiger partial charge in [0.15, 0.2) is 5.69 Å². The minimum Gasteiger partial charge on any atom is -0.305 e. The normalized spacial score (nSPS) is 11.0. The van der Waals surface area contributed by atoms with Crippen molar-refractivity contribution in [1.29, 1.82) is 0 Å². The lowest BCUT2D eigenvalue weighted by molar-refractivity contribution is 0.102. The Kier molecular flexibility index (Phi) is 4.44. The molecule has 1 amide bonds. The summed E-state index contributed by atoms with van der Waals surface area (Å²) in [6.07, 6.45) is 1.59. The molecule has 2 heterocycles. The maximum atomic E-state index is 12.7. The number of benzene rings is 1. The van der Waals surface area contributed by atoms with Crippen LogP contribution in [0.1, 0.15) is 30.4 Å². The van der Waals surface area contributed by atoms with Crippen molar-refractivity contribution in [1.82, 2.24) is 14.8 Å². The Balaban J connectivity index is 2.10. The van der Waals surface area contributed by atoms with Crippen LogP contribution in [0, 0.1) is 0 Å². The Morgan fingerprint density at radius 2 is 1.88 bits per heavy atom. The van der Waals surface area contributed by atoms with Crippen molar-refractivity contribution in [2.75, 3.05) is 5.32 Å². The second kappa shape index (κ2) is 6.52. The molecular weight excluding hydrogens is 372 g/mol. The summed E-state index contributed by atoms with van der Waals surface area (Å²) in [6, 6.07) is 10.3. The standard InChI is InChI=1S/C17H15BrN4O2/c1-10(2)22-17(24)13-6-4-3-5-12(13)15(21-22)16(23)20-14-8-7-11(18)9-19-14/h3-10H,1-2H3,(H,19,20,23). The number of hydrogen-bond donors (Lipinski definition) is 1. The number of amides is 1. The van der Waals surface area contributed by atoms with Crippen LogP contribution in [0.5, 0.6) is 0 Å². The van der Waals surface area contributed by atoms with Crippen LogP contribution in [-0.4, -0.2) is 20.7 Å². The fraction of sp³-hybridized carbons (Fsp3) is 0.176. The van der Waals surface area contributed by atoms with E-state index in [1.54, 1.807) is 42.6 Å². The number of carbonyl (C=O) groups is 1. The summed E-state index contributed by atoms with van der Waals surface area (Å²) >= 11 is 3.30. The number of pyridine rings is 1. The largest absolute Gasteiger partial charge is 0.305 e. The number of carbonyl (C=O) groups excluding carboxylic acids is 1. The van der Waals surface area contributed by atoms with Crippen LogP contribution in [0.25, 0.3) is 10.8 Å². The molecular formula is C17H15BrN4O2. The summed E-state index contributed by atoms with van der Waals surface area (Å²) in [5.41, 5.74) is -0.0115. The molecule has 0 aliphatic carbocycles. The molecule has 1 aromatic carbocycles. The molecule has 7 heteroatoms. The van der Waals surface area contributed by atoms with Crippen LogP contribution in [0.15, 0.2) is 51.9 Å². The number of hydrogen-bond acceptors (Lipinski definition) is 4. The minimum absolute atomic E-state index is 0.153. The highest BCUT2D eigenvalue weighted by Gasteiger charge is 2.18. The van der Waals surface area contributed by atoms with Crippen LogP contribution in [-0.2, 0) is 0 Å². The topological polar surface area (TPSA) is 76.9 Å². The van der Waals surface area contributed by atoms with Gasteiger partial charge in [0.05, 0.1) is 11.4 Å². The van der Waals surface area contributed by atoms with E-state index in [0.717, 1.165) is 4.47 Å². The molecule has 1 N–H and O–H groups in total. The van der Waals surface area contributed by atoms with Crippen molar-refractivity contribution in [2.45, 2.75) is 19.9 Å². The molecule has 0 atom stereocenters. The maximum Gasteiger partial charge on any atom is 0.277 e. The van der Waals surface area contributed by atoms with Crippen LogP contribution in [0.2, 0.25) is 0 Å². The molecule has 0 radical (unpaired) electrons. The first kappa shape index (κ1) is 16.3. The lowest BCUT2D eigenvalue weighted by atomic mass is 10.1. The summed E-state index contributed by atoms with van der Waals surface area (Å²) in [6.45, 7) is 3.70. The maximum absolute atomic E-state index is 12.7. The molecule has 0 saturated heterocycles. The van der Waals surface area contributed by atoms with E-state index in [2.05, 4.69) is 31.3 Å². The number of nitrogens with one attached hydrogen (secondary N) is 1. The van der Waals surface area contributed by atoms with E-state index in [-0.39, 0.29) is 17.3 Å². The van der Waals surface area contributed by atoms with Gasteiger partial charge in [0, 0.05) is 16.1 Å². The molecule has 122 valence electrons. The first-order valence-corrected chi connectivity index (χ1v) is 8.21. The third-order valence-electron chi connectivity index (χ3n) is 3.50. The molecule has 0 spiro atoms. The van der Waals surface area contributed by atoms with Crippen molar-refractivity contribution >= 4 is 38.4 Å². The summed E-state index contributed by atoms with van der Waals surface area (Å²) in [7, 11) is 0. The third-order valence-corrected chi connectivity index (χ3v) is 3.97. The molecule has 0 aliphatic rings. The van der Waals surface area contributed by atoms with Crippen LogP contribution in [0.4, 0.5) is 5.82 Å². The summed E-state index contributed by atoms with van der Waals surface area (Å²) in [5.74, 6) is 0.00630. The average Bonchev–Trinajstić information content (AvgIpc) is 2.57. The molecule has 0 saturated carbocycles. The van der Waals surface area contributed by atoms with Gasteiger partial charge in [0.25, 0.3) is 11.5 Å². The van der Waals surface area contributed by atoms with Gasteiger partial charge in [-0.05, 0) is 48.0 Å². The minimum atomic E-state index is -0.407. The predicted octanol–water partition coefficient (Wildman–Crippen LogP) is 3.39. The SMILES string of the molecule is CC(C)n1nc(C(=O)Nc2ccc(Br)cn2)c2ccccc2c1=O. The van der Waals surface area contributed by atoms with Crippen molar-refractivity contribution in [2.24, 2.45) is 0 Å². The van der Waals surface area contributed by atoms with Gasteiger partial charge in [0.1, 0.15) is 5.82 Å². The van der Waals surface area contributed by atoms with E-state index in [1.807, 2.05) is 13.8 Å². The van der Waals surface area contributed by atoms with Crippen molar-refractivity contribution < 1.29 is 4.79 Å². The second-order valence-electron chi connectivity index (χ2n) is 5.55. The molecule has 3 aromatic rings. The van der Waals surface area contributed by atoms with E-state index in [1.165, 1.54) is 4.68 Å².